The number of carbonyl (C=O) groups is 2. The van der Waals surface area contributed by atoms with Gasteiger partial charge in [-0.15, -0.1) is 0 Å². The molecular formula is C17H22ClN3O2. The highest BCUT2D eigenvalue weighted by Crippen LogP contribution is 2.21. The van der Waals surface area contributed by atoms with Gasteiger partial charge in [0.15, 0.2) is 0 Å². The van der Waals surface area contributed by atoms with E-state index in [1.807, 2.05) is 22.8 Å². The Bertz CT molecular complexity index is 620. The summed E-state index contributed by atoms with van der Waals surface area (Å²) in [6.45, 7) is 5.22. The summed E-state index contributed by atoms with van der Waals surface area (Å²) in [6.07, 6.45) is 1.90. The fraction of sp³-hybridized carbons (Fsp3) is 0.529. The highest BCUT2D eigenvalue weighted by molar-refractivity contribution is 6.31. The molecule has 2 aliphatic heterocycles. The molecule has 1 atom stereocenters. The number of carbonyl (C=O) groups excluding carboxylic acids is 2. The zero-order valence-electron chi connectivity index (χ0n) is 13.3. The quantitative estimate of drug-likeness (QED) is 0.894. The van der Waals surface area contributed by atoms with E-state index >= 15 is 0 Å². The topological polar surface area (TPSA) is 52.7 Å². The van der Waals surface area contributed by atoms with E-state index in [4.69, 9.17) is 11.6 Å². The maximum atomic E-state index is 12.7. The zero-order valence-corrected chi connectivity index (χ0v) is 14.1. The van der Waals surface area contributed by atoms with Crippen molar-refractivity contribution in [2.75, 3.05) is 32.7 Å². The zero-order chi connectivity index (χ0) is 16.4. The van der Waals surface area contributed by atoms with Crippen LogP contribution in [0, 0.1) is 6.92 Å². The van der Waals surface area contributed by atoms with Crippen LogP contribution in [0.5, 0.6) is 0 Å². The van der Waals surface area contributed by atoms with E-state index in [2.05, 4.69) is 5.32 Å². The number of hydrogen-bond donors (Lipinski definition) is 1. The molecule has 2 heterocycles. The third-order valence-corrected chi connectivity index (χ3v) is 5.08. The number of halogens is 1. The van der Waals surface area contributed by atoms with Gasteiger partial charge in [-0.25, -0.2) is 0 Å². The normalized spacial score (nSPS) is 22.3. The molecule has 0 spiro atoms. The summed E-state index contributed by atoms with van der Waals surface area (Å²) in [4.78, 5) is 28.6. The average Bonchev–Trinajstić information content (AvgIpc) is 2.57. The molecule has 1 N–H and O–H groups in total. The monoisotopic (exact) mass is 335 g/mol. The fourth-order valence-corrected chi connectivity index (χ4v) is 3.48. The number of benzene rings is 1. The Kier molecular flexibility index (Phi) is 4.87. The highest BCUT2D eigenvalue weighted by atomic mass is 35.5. The lowest BCUT2D eigenvalue weighted by Crippen LogP contribution is -2.57. The molecule has 1 aromatic rings. The molecule has 2 fully saturated rings. The first kappa shape index (κ1) is 16.3. The summed E-state index contributed by atoms with van der Waals surface area (Å²) in [7, 11) is 0. The molecule has 3 rings (SSSR count). The van der Waals surface area contributed by atoms with Gasteiger partial charge >= 0.3 is 0 Å². The number of piperazine rings is 1. The van der Waals surface area contributed by atoms with E-state index in [0.717, 1.165) is 38.0 Å². The van der Waals surface area contributed by atoms with Crippen LogP contribution in [0.4, 0.5) is 0 Å². The molecule has 2 aliphatic rings. The van der Waals surface area contributed by atoms with Crippen molar-refractivity contribution in [2.24, 2.45) is 0 Å². The van der Waals surface area contributed by atoms with E-state index in [-0.39, 0.29) is 17.9 Å². The summed E-state index contributed by atoms with van der Waals surface area (Å²) in [5, 5.41) is 3.76. The van der Waals surface area contributed by atoms with E-state index in [9.17, 15) is 9.59 Å². The summed E-state index contributed by atoms with van der Waals surface area (Å²) in [6, 6.07) is 5.52. The summed E-state index contributed by atoms with van der Waals surface area (Å²) >= 11 is 6.04. The Labute approximate surface area is 141 Å². The molecular weight excluding hydrogens is 314 g/mol. The van der Waals surface area contributed by atoms with Gasteiger partial charge in [0.1, 0.15) is 0 Å². The van der Waals surface area contributed by atoms with E-state index in [1.54, 1.807) is 12.1 Å². The fourth-order valence-electron chi connectivity index (χ4n) is 3.36. The third kappa shape index (κ3) is 3.51. The van der Waals surface area contributed by atoms with Crippen molar-refractivity contribution in [3.63, 3.8) is 0 Å². The molecule has 1 aromatic carbocycles. The number of amides is 2. The van der Waals surface area contributed by atoms with Crippen LogP contribution in [-0.2, 0) is 4.79 Å². The van der Waals surface area contributed by atoms with Crippen molar-refractivity contribution in [2.45, 2.75) is 25.8 Å². The van der Waals surface area contributed by atoms with Crippen LogP contribution in [0.15, 0.2) is 18.2 Å². The first-order valence-corrected chi connectivity index (χ1v) is 8.49. The molecule has 0 aromatic heterocycles. The Morgan fingerprint density at radius 1 is 1.35 bits per heavy atom. The smallest absolute Gasteiger partial charge is 0.253 e. The van der Waals surface area contributed by atoms with Crippen LogP contribution >= 0.6 is 11.6 Å². The number of hydrogen-bond acceptors (Lipinski definition) is 3. The number of piperidine rings is 1. The van der Waals surface area contributed by atoms with E-state index in [1.165, 1.54) is 0 Å². The van der Waals surface area contributed by atoms with Crippen LogP contribution in [-0.4, -0.2) is 60.4 Å². The molecule has 23 heavy (non-hydrogen) atoms. The van der Waals surface area contributed by atoms with Crippen molar-refractivity contribution < 1.29 is 9.59 Å². The summed E-state index contributed by atoms with van der Waals surface area (Å²) < 4.78 is 0. The number of nitrogens with one attached hydrogen (secondary N) is 1. The van der Waals surface area contributed by atoms with E-state index < -0.39 is 0 Å². The van der Waals surface area contributed by atoms with Crippen molar-refractivity contribution >= 4 is 23.4 Å². The molecule has 5 nitrogen and oxygen atoms in total. The van der Waals surface area contributed by atoms with Gasteiger partial charge in [-0.1, -0.05) is 11.6 Å². The SMILES string of the molecule is Cc1cc(C(=O)N2CCCC(N3CCNCC3=O)C2)ccc1Cl. The van der Waals surface area contributed by atoms with Gasteiger partial charge in [0, 0.05) is 42.8 Å². The highest BCUT2D eigenvalue weighted by Gasteiger charge is 2.31. The molecule has 0 saturated carbocycles. The minimum atomic E-state index is 0.0250. The Morgan fingerprint density at radius 2 is 2.17 bits per heavy atom. The Morgan fingerprint density at radius 3 is 2.91 bits per heavy atom. The first-order chi connectivity index (χ1) is 11.1. The predicted octanol–water partition coefficient (Wildman–Crippen LogP) is 1.68. The van der Waals surface area contributed by atoms with Crippen LogP contribution in [0.1, 0.15) is 28.8 Å². The van der Waals surface area contributed by atoms with Gasteiger partial charge in [0.05, 0.1) is 6.54 Å². The molecule has 1 unspecified atom stereocenters. The van der Waals surface area contributed by atoms with Gasteiger partial charge in [0.25, 0.3) is 5.91 Å². The number of nitrogens with zero attached hydrogens (tertiary/aromatic N) is 2. The van der Waals surface area contributed by atoms with Crippen molar-refractivity contribution in [3.8, 4) is 0 Å². The molecule has 2 amide bonds. The molecule has 2 saturated heterocycles. The number of likely N-dealkylation sites (tertiary alicyclic amines) is 1. The largest absolute Gasteiger partial charge is 0.337 e. The average molecular weight is 336 g/mol. The van der Waals surface area contributed by atoms with Crippen LogP contribution in [0.25, 0.3) is 0 Å². The molecule has 0 aliphatic carbocycles. The lowest BCUT2D eigenvalue weighted by molar-refractivity contribution is -0.135. The maximum Gasteiger partial charge on any atom is 0.253 e. The van der Waals surface area contributed by atoms with Crippen LogP contribution in [0.2, 0.25) is 5.02 Å². The molecule has 6 heteroatoms. The summed E-state index contributed by atoms with van der Waals surface area (Å²) in [5.41, 5.74) is 1.57. The maximum absolute atomic E-state index is 12.7. The number of rotatable bonds is 2. The van der Waals surface area contributed by atoms with Crippen LogP contribution < -0.4 is 5.32 Å². The second-order valence-corrected chi connectivity index (χ2v) is 6.68. The lowest BCUT2D eigenvalue weighted by Gasteiger charge is -2.41. The minimum Gasteiger partial charge on any atom is -0.337 e. The second-order valence-electron chi connectivity index (χ2n) is 6.28. The van der Waals surface area contributed by atoms with Crippen LogP contribution in [0.3, 0.4) is 0 Å². The van der Waals surface area contributed by atoms with E-state index in [0.29, 0.717) is 23.7 Å². The lowest BCUT2D eigenvalue weighted by atomic mass is 10.0. The van der Waals surface area contributed by atoms with Gasteiger partial charge in [-0.2, -0.15) is 0 Å². The predicted molar refractivity (Wildman–Crippen MR) is 89.7 cm³/mol. The standard InChI is InChI=1S/C17H22ClN3O2/c1-12-9-13(4-5-15(12)18)17(23)20-7-2-3-14(11-20)21-8-6-19-10-16(21)22/h4-5,9,14,19H,2-3,6-8,10-11H2,1H3. The summed E-state index contributed by atoms with van der Waals surface area (Å²) in [5.74, 6) is 0.162. The van der Waals surface area contributed by atoms with Crippen molar-refractivity contribution in [1.29, 1.82) is 0 Å². The van der Waals surface area contributed by atoms with Gasteiger partial charge in [-0.3, -0.25) is 9.59 Å². The molecule has 0 radical (unpaired) electrons. The van der Waals surface area contributed by atoms with Crippen molar-refractivity contribution in [1.82, 2.24) is 15.1 Å². The van der Waals surface area contributed by atoms with Gasteiger partial charge in [-0.05, 0) is 43.5 Å². The van der Waals surface area contributed by atoms with Gasteiger partial charge in [0.2, 0.25) is 5.91 Å². The third-order valence-electron chi connectivity index (χ3n) is 4.66. The second kappa shape index (κ2) is 6.89. The minimum absolute atomic E-state index is 0.0250. The number of aryl methyl sites for hydroxylation is 1. The van der Waals surface area contributed by atoms with Crippen molar-refractivity contribution in [3.05, 3.63) is 34.3 Å². The molecule has 0 bridgehead atoms. The Balaban J connectivity index is 1.71. The first-order valence-electron chi connectivity index (χ1n) is 8.12. The molecule has 124 valence electrons. The van der Waals surface area contributed by atoms with Gasteiger partial charge < -0.3 is 15.1 Å². The Hall–Kier alpha value is -1.59.